The number of aromatic amines is 1. The third-order valence-electron chi connectivity index (χ3n) is 5.41. The Bertz CT molecular complexity index is 789. The maximum Gasteiger partial charge on any atom is 0.255 e. The topological polar surface area (TPSA) is 82.4 Å². The molecule has 6 heteroatoms. The molecule has 3 heterocycles. The van der Waals surface area contributed by atoms with Crippen LogP contribution in [0.4, 0.5) is 0 Å². The number of fused-ring (bicyclic) bond motifs is 1. The second kappa shape index (κ2) is 7.14. The Morgan fingerprint density at radius 2 is 2.04 bits per heavy atom. The highest BCUT2D eigenvalue weighted by Crippen LogP contribution is 2.30. The summed E-state index contributed by atoms with van der Waals surface area (Å²) < 4.78 is 5.56. The summed E-state index contributed by atoms with van der Waals surface area (Å²) in [6, 6.07) is 3.67. The lowest BCUT2D eigenvalue weighted by atomic mass is 9.88. The van der Waals surface area contributed by atoms with Crippen molar-refractivity contribution in [2.45, 2.75) is 64.1 Å². The first-order valence-corrected chi connectivity index (χ1v) is 9.25. The van der Waals surface area contributed by atoms with Gasteiger partial charge in [0.2, 0.25) is 0 Å². The lowest BCUT2D eigenvalue weighted by Gasteiger charge is -2.28. The van der Waals surface area contributed by atoms with Gasteiger partial charge < -0.3 is 14.5 Å². The molecule has 0 atom stereocenters. The predicted octanol–water partition coefficient (Wildman–Crippen LogP) is 2.46. The predicted molar refractivity (Wildman–Crippen MR) is 93.1 cm³/mol. The number of rotatable bonds is 4. The average Bonchev–Trinajstić information content (AvgIpc) is 3.10. The van der Waals surface area contributed by atoms with E-state index in [1.807, 2.05) is 6.07 Å². The number of aliphatic hydroxyl groups is 1. The third kappa shape index (κ3) is 3.55. The summed E-state index contributed by atoms with van der Waals surface area (Å²) in [6.45, 7) is 2.01. The standard InChI is InChI=1S/C19H25N3O3/c23-12-15-7-6-14(25-15)10-22-9-8-17-16(11-22)19(24)21-18(20-17)13-4-2-1-3-5-13/h6-7,13,23H,1-5,8-12H2,(H,20,21,24). The van der Waals surface area contributed by atoms with Crippen molar-refractivity contribution in [1.29, 1.82) is 0 Å². The van der Waals surface area contributed by atoms with E-state index >= 15 is 0 Å². The zero-order chi connectivity index (χ0) is 17.2. The van der Waals surface area contributed by atoms with Crippen molar-refractivity contribution in [2.24, 2.45) is 0 Å². The van der Waals surface area contributed by atoms with Gasteiger partial charge in [0.15, 0.2) is 0 Å². The monoisotopic (exact) mass is 343 g/mol. The SMILES string of the molecule is O=c1[nH]c(C2CCCCC2)nc2c1CN(Cc1ccc(CO)o1)CC2. The number of H-pyrrole nitrogens is 1. The first kappa shape index (κ1) is 16.5. The van der Waals surface area contributed by atoms with Crippen LogP contribution in [0.15, 0.2) is 21.3 Å². The third-order valence-corrected chi connectivity index (χ3v) is 5.41. The Morgan fingerprint density at radius 1 is 1.24 bits per heavy atom. The molecule has 0 bridgehead atoms. The molecule has 0 spiro atoms. The van der Waals surface area contributed by atoms with Crippen LogP contribution in [0.25, 0.3) is 0 Å². The van der Waals surface area contributed by atoms with Crippen molar-refractivity contribution < 1.29 is 9.52 Å². The van der Waals surface area contributed by atoms with Crippen LogP contribution >= 0.6 is 0 Å². The summed E-state index contributed by atoms with van der Waals surface area (Å²) >= 11 is 0. The number of aliphatic hydroxyl groups excluding tert-OH is 1. The Morgan fingerprint density at radius 3 is 2.80 bits per heavy atom. The number of nitrogens with one attached hydrogen (secondary N) is 1. The number of hydrogen-bond acceptors (Lipinski definition) is 5. The van der Waals surface area contributed by atoms with Gasteiger partial charge in [0.25, 0.3) is 5.56 Å². The van der Waals surface area contributed by atoms with E-state index in [0.717, 1.165) is 48.6 Å². The van der Waals surface area contributed by atoms with E-state index in [9.17, 15) is 4.79 Å². The molecule has 2 aliphatic rings. The number of aromatic nitrogens is 2. The van der Waals surface area contributed by atoms with Gasteiger partial charge in [-0.25, -0.2) is 4.98 Å². The summed E-state index contributed by atoms with van der Waals surface area (Å²) in [5.41, 5.74) is 1.78. The lowest BCUT2D eigenvalue weighted by molar-refractivity contribution is 0.206. The molecule has 1 aliphatic heterocycles. The highest BCUT2D eigenvalue weighted by atomic mass is 16.4. The molecular weight excluding hydrogens is 318 g/mol. The average molecular weight is 343 g/mol. The van der Waals surface area contributed by atoms with Gasteiger partial charge in [-0.05, 0) is 25.0 Å². The van der Waals surface area contributed by atoms with E-state index in [0.29, 0.717) is 24.8 Å². The zero-order valence-corrected chi connectivity index (χ0v) is 14.5. The van der Waals surface area contributed by atoms with Crippen LogP contribution in [-0.4, -0.2) is 26.5 Å². The van der Waals surface area contributed by atoms with E-state index in [-0.39, 0.29) is 12.2 Å². The fraction of sp³-hybridized carbons (Fsp3) is 0.579. The van der Waals surface area contributed by atoms with Crippen LogP contribution in [0, 0.1) is 0 Å². The molecule has 6 nitrogen and oxygen atoms in total. The number of hydrogen-bond donors (Lipinski definition) is 2. The molecule has 25 heavy (non-hydrogen) atoms. The Kier molecular flexibility index (Phi) is 4.72. The highest BCUT2D eigenvalue weighted by Gasteiger charge is 2.24. The van der Waals surface area contributed by atoms with Gasteiger partial charge in [-0.1, -0.05) is 19.3 Å². The lowest BCUT2D eigenvalue weighted by Crippen LogP contribution is -2.36. The van der Waals surface area contributed by atoms with Crippen molar-refractivity contribution in [3.63, 3.8) is 0 Å². The molecule has 4 rings (SSSR count). The Labute approximate surface area is 146 Å². The van der Waals surface area contributed by atoms with Crippen LogP contribution in [0.2, 0.25) is 0 Å². The quantitative estimate of drug-likeness (QED) is 0.891. The molecule has 0 saturated heterocycles. The summed E-state index contributed by atoms with van der Waals surface area (Å²) in [7, 11) is 0. The van der Waals surface area contributed by atoms with Gasteiger partial charge in [-0.15, -0.1) is 0 Å². The summed E-state index contributed by atoms with van der Waals surface area (Å²) in [5.74, 6) is 2.71. The molecule has 1 aliphatic carbocycles. The molecule has 1 fully saturated rings. The minimum absolute atomic E-state index is 0.0192. The summed E-state index contributed by atoms with van der Waals surface area (Å²) in [4.78, 5) is 22.7. The number of furan rings is 1. The molecule has 0 unspecified atom stereocenters. The first-order valence-electron chi connectivity index (χ1n) is 9.25. The van der Waals surface area contributed by atoms with Crippen LogP contribution in [0.5, 0.6) is 0 Å². The largest absolute Gasteiger partial charge is 0.462 e. The van der Waals surface area contributed by atoms with Gasteiger partial charge in [-0.2, -0.15) is 0 Å². The van der Waals surface area contributed by atoms with Crippen molar-refractivity contribution in [3.05, 3.63) is 51.1 Å². The van der Waals surface area contributed by atoms with Gasteiger partial charge in [0.05, 0.1) is 17.8 Å². The van der Waals surface area contributed by atoms with E-state index in [1.165, 1.54) is 19.3 Å². The smallest absolute Gasteiger partial charge is 0.255 e. The van der Waals surface area contributed by atoms with E-state index in [1.54, 1.807) is 6.07 Å². The Hall–Kier alpha value is -1.92. The second-order valence-corrected chi connectivity index (χ2v) is 7.20. The minimum atomic E-state index is -0.0869. The van der Waals surface area contributed by atoms with Crippen LogP contribution < -0.4 is 5.56 Å². The van der Waals surface area contributed by atoms with Gasteiger partial charge >= 0.3 is 0 Å². The maximum atomic E-state index is 12.6. The molecule has 1 saturated carbocycles. The minimum Gasteiger partial charge on any atom is -0.462 e. The number of nitrogens with zero attached hydrogens (tertiary/aromatic N) is 2. The van der Waals surface area contributed by atoms with Crippen molar-refractivity contribution in [2.75, 3.05) is 6.54 Å². The molecule has 2 aromatic rings. The molecule has 134 valence electrons. The molecule has 0 radical (unpaired) electrons. The molecule has 0 amide bonds. The van der Waals surface area contributed by atoms with Crippen molar-refractivity contribution in [3.8, 4) is 0 Å². The second-order valence-electron chi connectivity index (χ2n) is 7.20. The van der Waals surface area contributed by atoms with E-state index in [2.05, 4.69) is 9.88 Å². The molecule has 2 aromatic heterocycles. The van der Waals surface area contributed by atoms with E-state index in [4.69, 9.17) is 14.5 Å². The molecule has 2 N–H and O–H groups in total. The maximum absolute atomic E-state index is 12.6. The Balaban J connectivity index is 1.50. The fourth-order valence-corrected chi connectivity index (χ4v) is 4.02. The molecule has 0 aromatic carbocycles. The zero-order valence-electron chi connectivity index (χ0n) is 14.5. The van der Waals surface area contributed by atoms with Gasteiger partial charge in [-0.3, -0.25) is 9.69 Å². The summed E-state index contributed by atoms with van der Waals surface area (Å²) in [5, 5.41) is 9.10. The van der Waals surface area contributed by atoms with Crippen LogP contribution in [-0.2, 0) is 26.1 Å². The van der Waals surface area contributed by atoms with Crippen molar-refractivity contribution in [1.82, 2.24) is 14.9 Å². The highest BCUT2D eigenvalue weighted by molar-refractivity contribution is 5.22. The van der Waals surface area contributed by atoms with Crippen molar-refractivity contribution >= 4 is 0 Å². The normalized spacial score (nSPS) is 19.1. The summed E-state index contributed by atoms with van der Waals surface area (Å²) in [6.07, 6.45) is 6.84. The van der Waals surface area contributed by atoms with Crippen LogP contribution in [0.1, 0.15) is 66.6 Å². The molecular formula is C19H25N3O3. The van der Waals surface area contributed by atoms with Gasteiger partial charge in [0, 0.05) is 25.4 Å². The van der Waals surface area contributed by atoms with Gasteiger partial charge in [0.1, 0.15) is 24.0 Å². The van der Waals surface area contributed by atoms with E-state index < -0.39 is 0 Å². The first-order chi connectivity index (χ1) is 12.2. The fourth-order valence-electron chi connectivity index (χ4n) is 4.02. The van der Waals surface area contributed by atoms with Crippen LogP contribution in [0.3, 0.4) is 0 Å².